The Bertz CT molecular complexity index is 879. The lowest BCUT2D eigenvalue weighted by Gasteiger charge is -2.10. The van der Waals surface area contributed by atoms with Crippen LogP contribution in [0, 0.1) is 34.6 Å². The van der Waals surface area contributed by atoms with Gasteiger partial charge in [-0.25, -0.2) is 0 Å². The normalized spacial score (nSPS) is 10.4. The van der Waals surface area contributed by atoms with Gasteiger partial charge in [0.15, 0.2) is 6.61 Å². The van der Waals surface area contributed by atoms with Crippen molar-refractivity contribution in [3.05, 3.63) is 69.3 Å². The van der Waals surface area contributed by atoms with Crippen LogP contribution in [0.25, 0.3) is 0 Å². The van der Waals surface area contributed by atoms with Crippen molar-refractivity contribution in [1.82, 2.24) is 5.32 Å². The fraction of sp³-hybridized carbons (Fsp3) is 0.318. The highest BCUT2D eigenvalue weighted by Crippen LogP contribution is 2.16. The van der Waals surface area contributed by atoms with Crippen LogP contribution in [-0.2, 0) is 9.53 Å². The molecule has 0 heterocycles. The first-order valence-corrected chi connectivity index (χ1v) is 8.80. The second-order valence-corrected chi connectivity index (χ2v) is 6.89. The van der Waals surface area contributed by atoms with Crippen molar-refractivity contribution in [2.24, 2.45) is 0 Å². The number of ketones is 1. The van der Waals surface area contributed by atoms with Gasteiger partial charge < -0.3 is 10.1 Å². The summed E-state index contributed by atoms with van der Waals surface area (Å²) in [7, 11) is 0. The lowest BCUT2D eigenvalue weighted by molar-refractivity contribution is -0.141. The smallest absolute Gasteiger partial charge is 0.325 e. The minimum atomic E-state index is -0.650. The van der Waals surface area contributed by atoms with Gasteiger partial charge in [-0.1, -0.05) is 23.3 Å². The summed E-state index contributed by atoms with van der Waals surface area (Å²) < 4.78 is 5.01. The third-order valence-electron chi connectivity index (χ3n) is 4.38. The molecule has 0 saturated carbocycles. The largest absolute Gasteiger partial charge is 0.456 e. The maximum absolute atomic E-state index is 12.3. The molecule has 0 bridgehead atoms. The molecule has 27 heavy (non-hydrogen) atoms. The summed E-state index contributed by atoms with van der Waals surface area (Å²) in [5.74, 6) is -1.26. The second-order valence-electron chi connectivity index (χ2n) is 6.89. The number of benzene rings is 2. The zero-order chi connectivity index (χ0) is 20.1. The summed E-state index contributed by atoms with van der Waals surface area (Å²) in [6.07, 6.45) is 0. The Morgan fingerprint density at radius 1 is 0.815 bits per heavy atom. The molecule has 0 aliphatic heterocycles. The van der Waals surface area contributed by atoms with E-state index in [9.17, 15) is 14.4 Å². The number of aryl methyl sites for hydroxylation is 5. The van der Waals surface area contributed by atoms with Crippen molar-refractivity contribution in [1.29, 1.82) is 0 Å². The number of carbonyl (C=O) groups is 3. The number of carbonyl (C=O) groups excluding carboxylic acids is 3. The summed E-state index contributed by atoms with van der Waals surface area (Å²) in [5, 5.41) is 2.52. The van der Waals surface area contributed by atoms with E-state index in [4.69, 9.17) is 4.74 Å². The molecule has 2 aromatic rings. The molecule has 0 unspecified atom stereocenters. The van der Waals surface area contributed by atoms with E-state index in [0.717, 1.165) is 27.8 Å². The molecule has 2 aromatic carbocycles. The Hall–Kier alpha value is -2.95. The molecule has 142 valence electrons. The Balaban J connectivity index is 1.88. The van der Waals surface area contributed by atoms with Crippen molar-refractivity contribution in [2.75, 3.05) is 13.2 Å². The fourth-order valence-electron chi connectivity index (χ4n) is 2.90. The van der Waals surface area contributed by atoms with Gasteiger partial charge in [0.1, 0.15) is 6.54 Å². The van der Waals surface area contributed by atoms with Gasteiger partial charge in [0.05, 0.1) is 0 Å². The Morgan fingerprint density at radius 2 is 1.41 bits per heavy atom. The topological polar surface area (TPSA) is 72.5 Å². The van der Waals surface area contributed by atoms with E-state index < -0.39 is 5.97 Å². The molecule has 5 heteroatoms. The van der Waals surface area contributed by atoms with Crippen LogP contribution in [0.5, 0.6) is 0 Å². The zero-order valence-electron chi connectivity index (χ0n) is 16.4. The molecule has 0 spiro atoms. The van der Waals surface area contributed by atoms with E-state index in [2.05, 4.69) is 5.32 Å². The van der Waals surface area contributed by atoms with E-state index in [1.807, 2.05) is 52.8 Å². The minimum Gasteiger partial charge on any atom is -0.456 e. The SMILES string of the molecule is Cc1cc(C)cc(C(=O)NCC(=O)OCC(=O)c2cc(C)c(C)cc2C)c1. The number of esters is 1. The van der Waals surface area contributed by atoms with Gasteiger partial charge in [-0.2, -0.15) is 0 Å². The number of amides is 1. The highest BCUT2D eigenvalue weighted by atomic mass is 16.5. The molecule has 5 nitrogen and oxygen atoms in total. The summed E-state index contributed by atoms with van der Waals surface area (Å²) in [5.41, 5.74) is 5.94. The lowest BCUT2D eigenvalue weighted by atomic mass is 9.98. The average molecular weight is 367 g/mol. The van der Waals surface area contributed by atoms with Gasteiger partial charge in [0, 0.05) is 11.1 Å². The fourth-order valence-corrected chi connectivity index (χ4v) is 2.90. The van der Waals surface area contributed by atoms with Crippen LogP contribution in [-0.4, -0.2) is 30.8 Å². The van der Waals surface area contributed by atoms with Crippen LogP contribution >= 0.6 is 0 Å². The van der Waals surface area contributed by atoms with Crippen molar-refractivity contribution < 1.29 is 19.1 Å². The molecule has 2 rings (SSSR count). The first kappa shape index (κ1) is 20.4. The molecule has 1 amide bonds. The van der Waals surface area contributed by atoms with E-state index in [0.29, 0.717) is 11.1 Å². The van der Waals surface area contributed by atoms with Crippen molar-refractivity contribution in [2.45, 2.75) is 34.6 Å². The third kappa shape index (κ3) is 5.51. The maximum Gasteiger partial charge on any atom is 0.325 e. The molecule has 0 aliphatic rings. The first-order chi connectivity index (χ1) is 12.7. The molecular weight excluding hydrogens is 342 g/mol. The predicted octanol–water partition coefficient (Wildman–Crippen LogP) is 3.38. The van der Waals surface area contributed by atoms with Crippen molar-refractivity contribution >= 4 is 17.7 Å². The zero-order valence-corrected chi connectivity index (χ0v) is 16.4. The standard InChI is InChI=1S/C22H25NO4/c1-13-6-14(2)8-18(7-13)22(26)23-11-21(25)27-12-20(24)19-10-16(4)15(3)9-17(19)5/h6-10H,11-12H2,1-5H3,(H,23,26). The highest BCUT2D eigenvalue weighted by Gasteiger charge is 2.14. The van der Waals surface area contributed by atoms with Gasteiger partial charge in [0.25, 0.3) is 5.91 Å². The first-order valence-electron chi connectivity index (χ1n) is 8.80. The summed E-state index contributed by atoms with van der Waals surface area (Å²) in [6.45, 7) is 8.93. The highest BCUT2D eigenvalue weighted by molar-refractivity contribution is 6.00. The average Bonchev–Trinajstić information content (AvgIpc) is 2.59. The third-order valence-corrected chi connectivity index (χ3v) is 4.38. The minimum absolute atomic E-state index is 0.260. The molecule has 0 aliphatic carbocycles. The van der Waals surface area contributed by atoms with Crippen molar-refractivity contribution in [3.8, 4) is 0 Å². The number of nitrogens with one attached hydrogen (secondary N) is 1. The number of ether oxygens (including phenoxy) is 1. The molecular formula is C22H25NO4. The summed E-state index contributed by atoms with van der Waals surface area (Å²) >= 11 is 0. The Kier molecular flexibility index (Phi) is 6.50. The number of hydrogen-bond acceptors (Lipinski definition) is 4. The summed E-state index contributed by atoms with van der Waals surface area (Å²) in [4.78, 5) is 36.3. The van der Waals surface area contributed by atoms with Gasteiger partial charge in [-0.15, -0.1) is 0 Å². The van der Waals surface area contributed by atoms with E-state index in [1.165, 1.54) is 0 Å². The van der Waals surface area contributed by atoms with E-state index in [-0.39, 0.29) is 24.8 Å². The molecule has 1 N–H and O–H groups in total. The number of rotatable bonds is 6. The quantitative estimate of drug-likeness (QED) is 0.627. The van der Waals surface area contributed by atoms with E-state index in [1.54, 1.807) is 12.1 Å². The number of hydrogen-bond donors (Lipinski definition) is 1. The van der Waals surface area contributed by atoms with Gasteiger partial charge in [-0.05, 0) is 69.5 Å². The monoisotopic (exact) mass is 367 g/mol. The van der Waals surface area contributed by atoms with Crippen molar-refractivity contribution in [3.63, 3.8) is 0 Å². The molecule has 0 aromatic heterocycles. The molecule has 0 saturated heterocycles. The van der Waals surface area contributed by atoms with Crippen LogP contribution in [0.3, 0.4) is 0 Å². The van der Waals surface area contributed by atoms with Crippen LogP contribution in [0.4, 0.5) is 0 Å². The van der Waals surface area contributed by atoms with Crippen LogP contribution in [0.1, 0.15) is 48.5 Å². The molecule has 0 radical (unpaired) electrons. The molecule has 0 fully saturated rings. The lowest BCUT2D eigenvalue weighted by Crippen LogP contribution is -2.31. The van der Waals surface area contributed by atoms with Gasteiger partial charge in [-0.3, -0.25) is 14.4 Å². The predicted molar refractivity (Wildman–Crippen MR) is 104 cm³/mol. The van der Waals surface area contributed by atoms with Crippen LogP contribution < -0.4 is 5.32 Å². The second kappa shape index (κ2) is 8.62. The Labute approximate surface area is 159 Å². The van der Waals surface area contributed by atoms with Gasteiger partial charge in [0.2, 0.25) is 5.78 Å². The Morgan fingerprint density at radius 3 is 2.04 bits per heavy atom. The maximum atomic E-state index is 12.3. The van der Waals surface area contributed by atoms with E-state index >= 15 is 0 Å². The number of Topliss-reactive ketones (excluding diaryl/α,β-unsaturated/α-hetero) is 1. The van der Waals surface area contributed by atoms with Crippen LogP contribution in [0.2, 0.25) is 0 Å². The molecule has 0 atom stereocenters. The summed E-state index contributed by atoms with van der Waals surface area (Å²) in [6, 6.07) is 9.21. The van der Waals surface area contributed by atoms with Crippen LogP contribution in [0.15, 0.2) is 30.3 Å². The van der Waals surface area contributed by atoms with Gasteiger partial charge >= 0.3 is 5.97 Å².